The topological polar surface area (TPSA) is 45.6 Å². The Labute approximate surface area is 156 Å². The van der Waals surface area contributed by atoms with Gasteiger partial charge < -0.3 is 9.84 Å². The summed E-state index contributed by atoms with van der Waals surface area (Å²) in [4.78, 5) is 7.00. The number of nitrogens with zero attached hydrogens (tertiary/aromatic N) is 2. The van der Waals surface area contributed by atoms with Crippen LogP contribution in [0.5, 0.6) is 5.75 Å². The van der Waals surface area contributed by atoms with E-state index in [0.717, 1.165) is 60.0 Å². The Kier molecular flexibility index (Phi) is 5.14. The minimum atomic E-state index is -0.470. The van der Waals surface area contributed by atoms with Gasteiger partial charge in [0.15, 0.2) is 0 Å². The molecule has 0 spiro atoms. The Bertz CT molecular complexity index is 763. The summed E-state index contributed by atoms with van der Waals surface area (Å²) in [6.07, 6.45) is 5.97. The summed E-state index contributed by atoms with van der Waals surface area (Å²) in [5.41, 5.74) is 1.91. The SMILES string of the molecule is CCCOc1ccc2nccc([C@@H](O)[C@@H]3C[C@@H]4CCN3C[C@@H]4CC)c2c1. The summed E-state index contributed by atoms with van der Waals surface area (Å²) in [5.74, 6) is 2.42. The van der Waals surface area contributed by atoms with Crippen molar-refractivity contribution in [3.63, 3.8) is 0 Å². The lowest BCUT2D eigenvalue weighted by molar-refractivity contribution is -0.0562. The number of fused-ring (bicyclic) bond motifs is 4. The van der Waals surface area contributed by atoms with E-state index in [9.17, 15) is 5.11 Å². The van der Waals surface area contributed by atoms with Crippen molar-refractivity contribution in [1.29, 1.82) is 0 Å². The van der Waals surface area contributed by atoms with Gasteiger partial charge in [-0.2, -0.15) is 0 Å². The van der Waals surface area contributed by atoms with Crippen LogP contribution in [-0.4, -0.2) is 40.7 Å². The van der Waals surface area contributed by atoms with Crippen LogP contribution in [0.25, 0.3) is 10.9 Å². The highest BCUT2D eigenvalue weighted by molar-refractivity contribution is 5.84. The Morgan fingerprint density at radius 2 is 2.19 bits per heavy atom. The second-order valence-electron chi connectivity index (χ2n) is 7.89. The number of hydrogen-bond donors (Lipinski definition) is 1. The van der Waals surface area contributed by atoms with Gasteiger partial charge in [-0.1, -0.05) is 20.3 Å². The molecule has 4 heterocycles. The monoisotopic (exact) mass is 354 g/mol. The molecule has 1 aromatic carbocycles. The molecule has 140 valence electrons. The first-order valence-corrected chi connectivity index (χ1v) is 10.1. The zero-order chi connectivity index (χ0) is 18.1. The number of benzene rings is 1. The van der Waals surface area contributed by atoms with E-state index in [0.29, 0.717) is 6.61 Å². The van der Waals surface area contributed by atoms with Gasteiger partial charge in [0.25, 0.3) is 0 Å². The first-order chi connectivity index (χ1) is 12.7. The molecular weight excluding hydrogens is 324 g/mol. The summed E-state index contributed by atoms with van der Waals surface area (Å²) in [7, 11) is 0. The van der Waals surface area contributed by atoms with E-state index in [1.54, 1.807) is 0 Å². The van der Waals surface area contributed by atoms with Crippen LogP contribution < -0.4 is 4.74 Å². The van der Waals surface area contributed by atoms with Crippen molar-refractivity contribution in [2.75, 3.05) is 19.7 Å². The lowest BCUT2D eigenvalue weighted by Gasteiger charge is -2.51. The minimum Gasteiger partial charge on any atom is -0.494 e. The van der Waals surface area contributed by atoms with E-state index in [1.165, 1.54) is 12.8 Å². The molecule has 0 radical (unpaired) electrons. The molecule has 3 aliphatic heterocycles. The van der Waals surface area contributed by atoms with Crippen molar-refractivity contribution in [2.24, 2.45) is 11.8 Å². The van der Waals surface area contributed by atoms with Crippen LogP contribution in [0.1, 0.15) is 51.2 Å². The Morgan fingerprint density at radius 3 is 2.92 bits per heavy atom. The second-order valence-corrected chi connectivity index (χ2v) is 7.89. The van der Waals surface area contributed by atoms with E-state index in [2.05, 4.69) is 23.7 Å². The van der Waals surface area contributed by atoms with Crippen LogP contribution in [0.4, 0.5) is 0 Å². The smallest absolute Gasteiger partial charge is 0.120 e. The van der Waals surface area contributed by atoms with Gasteiger partial charge >= 0.3 is 0 Å². The number of hydrogen-bond acceptors (Lipinski definition) is 4. The fourth-order valence-electron chi connectivity index (χ4n) is 4.89. The maximum Gasteiger partial charge on any atom is 0.120 e. The van der Waals surface area contributed by atoms with Crippen molar-refractivity contribution >= 4 is 10.9 Å². The molecule has 5 rings (SSSR count). The lowest BCUT2D eigenvalue weighted by atomic mass is 9.72. The molecule has 3 fully saturated rings. The van der Waals surface area contributed by atoms with Gasteiger partial charge in [0, 0.05) is 24.2 Å². The first kappa shape index (κ1) is 17.7. The van der Waals surface area contributed by atoms with Gasteiger partial charge in [0.2, 0.25) is 0 Å². The molecule has 3 aliphatic rings. The third-order valence-corrected chi connectivity index (χ3v) is 6.36. The van der Waals surface area contributed by atoms with Crippen LogP contribution in [0, 0.1) is 11.8 Å². The predicted molar refractivity (Wildman–Crippen MR) is 104 cm³/mol. The van der Waals surface area contributed by atoms with Crippen LogP contribution >= 0.6 is 0 Å². The molecule has 2 aromatic rings. The number of aromatic nitrogens is 1. The van der Waals surface area contributed by atoms with Gasteiger partial charge in [-0.3, -0.25) is 9.88 Å². The molecule has 3 saturated heterocycles. The van der Waals surface area contributed by atoms with Crippen LogP contribution in [-0.2, 0) is 0 Å². The van der Waals surface area contributed by atoms with Crippen LogP contribution in [0.3, 0.4) is 0 Å². The molecule has 26 heavy (non-hydrogen) atoms. The minimum absolute atomic E-state index is 0.224. The molecule has 1 unspecified atom stereocenters. The summed E-state index contributed by atoms with van der Waals surface area (Å²) in [6.45, 7) is 7.37. The maximum absolute atomic E-state index is 11.3. The lowest BCUT2D eigenvalue weighted by Crippen LogP contribution is -2.55. The standard InChI is InChI=1S/C22H30N2O2/c1-3-11-26-17-5-6-20-19(13-17)18(7-9-23-20)22(25)21-12-16-8-10-24(21)14-15(16)4-2/h5-7,9,13,15-16,21-22,25H,3-4,8,10-12,14H2,1-2H3/t15-,16-,21-,22+/m0/s1. The molecule has 4 heteroatoms. The molecule has 0 amide bonds. The molecule has 2 bridgehead atoms. The van der Waals surface area contributed by atoms with Gasteiger partial charge in [0.05, 0.1) is 18.2 Å². The van der Waals surface area contributed by atoms with Crippen molar-refractivity contribution in [2.45, 2.75) is 51.7 Å². The third-order valence-electron chi connectivity index (χ3n) is 6.36. The van der Waals surface area contributed by atoms with Gasteiger partial charge in [-0.05, 0) is 67.5 Å². The number of rotatable bonds is 6. The fourth-order valence-corrected chi connectivity index (χ4v) is 4.89. The van der Waals surface area contributed by atoms with E-state index in [-0.39, 0.29) is 6.04 Å². The molecule has 0 saturated carbocycles. The van der Waals surface area contributed by atoms with Crippen molar-refractivity contribution < 1.29 is 9.84 Å². The van der Waals surface area contributed by atoms with Gasteiger partial charge in [-0.25, -0.2) is 0 Å². The van der Waals surface area contributed by atoms with E-state index < -0.39 is 6.10 Å². The average Bonchev–Trinajstić information content (AvgIpc) is 2.71. The summed E-state index contributed by atoms with van der Waals surface area (Å²) in [6, 6.07) is 8.22. The predicted octanol–water partition coefficient (Wildman–Crippen LogP) is 4.18. The van der Waals surface area contributed by atoms with Gasteiger partial charge in [0.1, 0.15) is 5.75 Å². The van der Waals surface area contributed by atoms with Crippen LogP contribution in [0.2, 0.25) is 0 Å². The number of ether oxygens (including phenoxy) is 1. The highest BCUT2D eigenvalue weighted by atomic mass is 16.5. The molecule has 1 N–H and O–H groups in total. The Hall–Kier alpha value is -1.65. The number of pyridine rings is 1. The Morgan fingerprint density at radius 1 is 1.31 bits per heavy atom. The summed E-state index contributed by atoms with van der Waals surface area (Å²) >= 11 is 0. The van der Waals surface area contributed by atoms with Crippen molar-refractivity contribution in [1.82, 2.24) is 9.88 Å². The molecular formula is C22H30N2O2. The highest BCUT2D eigenvalue weighted by Crippen LogP contribution is 2.42. The zero-order valence-electron chi connectivity index (χ0n) is 15.9. The fraction of sp³-hybridized carbons (Fsp3) is 0.591. The van der Waals surface area contributed by atoms with Crippen molar-refractivity contribution in [3.05, 3.63) is 36.0 Å². The largest absolute Gasteiger partial charge is 0.494 e. The number of piperidine rings is 3. The highest BCUT2D eigenvalue weighted by Gasteiger charge is 2.42. The quantitative estimate of drug-likeness (QED) is 0.845. The van der Waals surface area contributed by atoms with E-state index in [4.69, 9.17) is 4.74 Å². The number of aliphatic hydroxyl groups is 1. The average molecular weight is 354 g/mol. The summed E-state index contributed by atoms with van der Waals surface area (Å²) < 4.78 is 5.80. The van der Waals surface area contributed by atoms with Gasteiger partial charge in [-0.15, -0.1) is 0 Å². The zero-order valence-corrected chi connectivity index (χ0v) is 15.9. The molecule has 1 aromatic heterocycles. The second kappa shape index (κ2) is 7.53. The maximum atomic E-state index is 11.3. The normalized spacial score (nSPS) is 29.0. The number of aliphatic hydroxyl groups excluding tert-OH is 1. The van der Waals surface area contributed by atoms with Crippen molar-refractivity contribution in [3.8, 4) is 5.75 Å². The van der Waals surface area contributed by atoms with E-state index in [1.807, 2.05) is 30.5 Å². The van der Waals surface area contributed by atoms with Crippen LogP contribution in [0.15, 0.2) is 30.5 Å². The molecule has 0 aliphatic carbocycles. The summed E-state index contributed by atoms with van der Waals surface area (Å²) in [5, 5.41) is 12.3. The molecule has 5 atom stereocenters. The Balaban J connectivity index is 1.63. The first-order valence-electron chi connectivity index (χ1n) is 10.1. The van der Waals surface area contributed by atoms with E-state index >= 15 is 0 Å². The third kappa shape index (κ3) is 3.21. The molecule has 4 nitrogen and oxygen atoms in total.